The van der Waals surface area contributed by atoms with E-state index in [1.165, 1.54) is 10.6 Å². The second kappa shape index (κ2) is 7.26. The Bertz CT molecular complexity index is 779. The number of aromatic nitrogens is 2. The van der Waals surface area contributed by atoms with Crippen LogP contribution >= 0.6 is 0 Å². The SMILES string of the molecule is C=CC(O)[C@H]1O[C@](n2cc(C)c(=O)[nH]c2=O)([SiH](C)C)C[C@@H]1OC(C)(C)C. The van der Waals surface area contributed by atoms with E-state index in [2.05, 4.69) is 24.7 Å². The van der Waals surface area contributed by atoms with E-state index in [9.17, 15) is 14.7 Å². The highest BCUT2D eigenvalue weighted by atomic mass is 28.3. The average Bonchev–Trinajstić information content (AvgIpc) is 2.88. The topological polar surface area (TPSA) is 93.5 Å². The second-order valence-corrected chi connectivity index (χ2v) is 11.4. The fraction of sp³-hybridized carbons (Fsp3) is 0.667. The van der Waals surface area contributed by atoms with E-state index in [0.29, 0.717) is 12.0 Å². The van der Waals surface area contributed by atoms with Crippen molar-refractivity contribution in [3.05, 3.63) is 45.3 Å². The number of ether oxygens (including phenoxy) is 2. The van der Waals surface area contributed by atoms with Gasteiger partial charge in [0, 0.05) is 18.2 Å². The molecule has 0 radical (unpaired) electrons. The van der Waals surface area contributed by atoms with Crippen molar-refractivity contribution in [1.82, 2.24) is 9.55 Å². The molecule has 8 heteroatoms. The molecule has 0 spiro atoms. The van der Waals surface area contributed by atoms with Crippen LogP contribution < -0.4 is 11.2 Å². The Morgan fingerprint density at radius 3 is 2.62 bits per heavy atom. The highest BCUT2D eigenvalue weighted by Crippen LogP contribution is 2.40. The fourth-order valence-corrected chi connectivity index (χ4v) is 5.28. The number of aliphatic hydroxyl groups excluding tert-OH is 1. The molecule has 0 aliphatic carbocycles. The van der Waals surface area contributed by atoms with Gasteiger partial charge < -0.3 is 14.6 Å². The first kappa shape index (κ1) is 20.8. The van der Waals surface area contributed by atoms with Gasteiger partial charge in [0.25, 0.3) is 5.56 Å². The Kier molecular flexibility index (Phi) is 5.82. The van der Waals surface area contributed by atoms with Crippen LogP contribution in [0.5, 0.6) is 0 Å². The molecule has 1 unspecified atom stereocenters. The number of aromatic amines is 1. The molecule has 1 aromatic rings. The van der Waals surface area contributed by atoms with E-state index in [1.54, 1.807) is 13.1 Å². The third-order valence-corrected chi connectivity index (χ3v) is 7.17. The van der Waals surface area contributed by atoms with Gasteiger partial charge in [-0.3, -0.25) is 14.3 Å². The minimum Gasteiger partial charge on any atom is -0.386 e. The molecule has 26 heavy (non-hydrogen) atoms. The molecule has 1 saturated heterocycles. The molecule has 0 amide bonds. The van der Waals surface area contributed by atoms with Crippen molar-refractivity contribution in [2.75, 3.05) is 0 Å². The van der Waals surface area contributed by atoms with Crippen LogP contribution in [0.4, 0.5) is 0 Å². The van der Waals surface area contributed by atoms with E-state index >= 15 is 0 Å². The lowest BCUT2D eigenvalue weighted by Gasteiger charge is -2.35. The third kappa shape index (κ3) is 3.93. The lowest BCUT2D eigenvalue weighted by molar-refractivity contribution is -0.127. The van der Waals surface area contributed by atoms with Gasteiger partial charge in [0.2, 0.25) is 0 Å². The molecule has 0 saturated carbocycles. The van der Waals surface area contributed by atoms with Crippen LogP contribution in [0.2, 0.25) is 13.1 Å². The van der Waals surface area contributed by atoms with Crippen molar-refractivity contribution in [2.24, 2.45) is 0 Å². The first-order valence-corrected chi connectivity index (χ1v) is 11.8. The van der Waals surface area contributed by atoms with Crippen LogP contribution in [0, 0.1) is 6.92 Å². The minimum atomic E-state index is -1.65. The molecule has 2 heterocycles. The number of aliphatic hydroxyl groups is 1. The predicted octanol–water partition coefficient (Wildman–Crippen LogP) is 1.04. The zero-order chi connectivity index (χ0) is 19.9. The Labute approximate surface area is 155 Å². The normalized spacial score (nSPS) is 27.7. The number of nitrogens with one attached hydrogen (secondary N) is 1. The molecular formula is C18H30N2O5Si. The molecule has 1 aliphatic rings. The summed E-state index contributed by atoms with van der Waals surface area (Å²) in [5, 5.41) is 9.49. The van der Waals surface area contributed by atoms with E-state index in [-0.39, 0.29) is 0 Å². The Balaban J connectivity index is 2.59. The largest absolute Gasteiger partial charge is 0.386 e. The van der Waals surface area contributed by atoms with Gasteiger partial charge in [0.05, 0.1) is 20.5 Å². The minimum absolute atomic E-state index is 0.406. The zero-order valence-corrected chi connectivity index (χ0v) is 17.6. The number of nitrogens with zero attached hydrogens (tertiary/aromatic N) is 1. The van der Waals surface area contributed by atoms with Crippen LogP contribution in [-0.2, 0) is 14.8 Å². The number of aryl methyl sites for hydroxylation is 1. The smallest absolute Gasteiger partial charge is 0.330 e. The average molecular weight is 383 g/mol. The summed E-state index contributed by atoms with van der Waals surface area (Å²) in [6.45, 7) is 15.3. The molecule has 0 bridgehead atoms. The molecule has 4 atom stereocenters. The molecular weight excluding hydrogens is 352 g/mol. The highest BCUT2D eigenvalue weighted by Gasteiger charge is 2.53. The van der Waals surface area contributed by atoms with E-state index in [1.807, 2.05) is 20.8 Å². The van der Waals surface area contributed by atoms with Crippen molar-refractivity contribution >= 4 is 8.80 Å². The maximum atomic E-state index is 12.6. The number of H-pyrrole nitrogens is 1. The fourth-order valence-electron chi connectivity index (χ4n) is 3.40. The predicted molar refractivity (Wildman–Crippen MR) is 103 cm³/mol. The van der Waals surface area contributed by atoms with E-state index in [0.717, 1.165) is 0 Å². The van der Waals surface area contributed by atoms with Gasteiger partial charge in [-0.15, -0.1) is 6.58 Å². The molecule has 1 fully saturated rings. The summed E-state index contributed by atoms with van der Waals surface area (Å²) in [6.07, 6.45) is 1.43. The highest BCUT2D eigenvalue weighted by molar-refractivity contribution is 6.58. The van der Waals surface area contributed by atoms with Gasteiger partial charge in [-0.05, 0) is 27.7 Å². The number of hydrogen-bond acceptors (Lipinski definition) is 5. The van der Waals surface area contributed by atoms with Crippen LogP contribution in [-0.4, -0.2) is 47.4 Å². The first-order chi connectivity index (χ1) is 11.9. The molecule has 2 N–H and O–H groups in total. The van der Waals surface area contributed by atoms with Crippen LogP contribution in [0.15, 0.2) is 28.4 Å². The molecule has 7 nitrogen and oxygen atoms in total. The molecule has 146 valence electrons. The second-order valence-electron chi connectivity index (χ2n) is 8.22. The summed E-state index contributed by atoms with van der Waals surface area (Å²) >= 11 is 0. The number of hydrogen-bond donors (Lipinski definition) is 2. The Morgan fingerprint density at radius 1 is 1.50 bits per heavy atom. The van der Waals surface area contributed by atoms with Crippen molar-refractivity contribution in [3.8, 4) is 0 Å². The Morgan fingerprint density at radius 2 is 2.12 bits per heavy atom. The van der Waals surface area contributed by atoms with Gasteiger partial charge in [-0.2, -0.15) is 0 Å². The summed E-state index contributed by atoms with van der Waals surface area (Å²) < 4.78 is 14.0. The monoisotopic (exact) mass is 382 g/mol. The first-order valence-electron chi connectivity index (χ1n) is 8.90. The van der Waals surface area contributed by atoms with Crippen molar-refractivity contribution in [1.29, 1.82) is 0 Å². The quantitative estimate of drug-likeness (QED) is 0.586. The summed E-state index contributed by atoms with van der Waals surface area (Å²) in [6, 6.07) is 0. The van der Waals surface area contributed by atoms with Gasteiger partial charge in [0.1, 0.15) is 17.6 Å². The molecule has 1 aromatic heterocycles. The van der Waals surface area contributed by atoms with Crippen LogP contribution in [0.1, 0.15) is 32.8 Å². The Hall–Kier alpha value is -1.48. The van der Waals surface area contributed by atoms with Gasteiger partial charge in [0.15, 0.2) is 0 Å². The summed E-state index contributed by atoms with van der Waals surface area (Å²) in [4.78, 5) is 26.7. The van der Waals surface area contributed by atoms with Crippen molar-refractivity contribution in [3.63, 3.8) is 0 Å². The lowest BCUT2D eigenvalue weighted by atomic mass is 10.1. The summed E-state index contributed by atoms with van der Waals surface area (Å²) in [5.41, 5.74) is -0.920. The maximum Gasteiger partial charge on any atom is 0.330 e. The molecule has 0 aromatic carbocycles. The van der Waals surface area contributed by atoms with E-state index < -0.39 is 49.3 Å². The standard InChI is InChI=1S/C18H30N2O5Si/c1-8-12(21)14-13(24-17(3,4)5)9-18(25-14,26(6)7)20-10-11(2)15(22)19-16(20)23/h8,10,12-14,21,26H,1,9H2,2-7H3,(H,19,22,23)/t12?,13-,14+,18-/m0/s1. The molecule has 1 aliphatic heterocycles. The molecule has 2 rings (SSSR count). The van der Waals surface area contributed by atoms with Crippen molar-refractivity contribution in [2.45, 2.75) is 76.5 Å². The maximum absolute atomic E-state index is 12.6. The van der Waals surface area contributed by atoms with E-state index in [4.69, 9.17) is 9.47 Å². The van der Waals surface area contributed by atoms with Crippen LogP contribution in [0.3, 0.4) is 0 Å². The zero-order valence-electron chi connectivity index (χ0n) is 16.4. The van der Waals surface area contributed by atoms with Gasteiger partial charge in [-0.1, -0.05) is 19.2 Å². The number of rotatable bonds is 5. The third-order valence-electron chi connectivity index (χ3n) is 4.71. The van der Waals surface area contributed by atoms with Gasteiger partial charge >= 0.3 is 5.69 Å². The van der Waals surface area contributed by atoms with Gasteiger partial charge in [-0.25, -0.2) is 4.79 Å². The van der Waals surface area contributed by atoms with Crippen molar-refractivity contribution < 1.29 is 14.6 Å². The van der Waals surface area contributed by atoms with Crippen LogP contribution in [0.25, 0.3) is 0 Å². The lowest BCUT2D eigenvalue weighted by Crippen LogP contribution is -2.52. The summed E-state index contributed by atoms with van der Waals surface area (Å²) in [5.74, 6) is 0. The summed E-state index contributed by atoms with van der Waals surface area (Å²) in [7, 11) is -1.65.